The molecule has 1 aromatic heterocycles. The minimum atomic E-state index is 0.376. The Morgan fingerprint density at radius 1 is 1.33 bits per heavy atom. The van der Waals surface area contributed by atoms with Gasteiger partial charge >= 0.3 is 0 Å². The van der Waals surface area contributed by atoms with E-state index in [0.717, 1.165) is 25.5 Å². The zero-order valence-electron chi connectivity index (χ0n) is 11.1. The van der Waals surface area contributed by atoms with Crippen molar-refractivity contribution in [3.63, 3.8) is 0 Å². The maximum absolute atomic E-state index is 4.35. The van der Waals surface area contributed by atoms with Crippen LogP contribution in [0.4, 0.5) is 0 Å². The van der Waals surface area contributed by atoms with Crippen molar-refractivity contribution in [2.45, 2.75) is 50.7 Å². The molecular weight excluding hydrogens is 224 g/mol. The normalized spacial score (nSPS) is 27.7. The second kappa shape index (κ2) is 4.94. The summed E-state index contributed by atoms with van der Waals surface area (Å²) in [5.41, 5.74) is 0.376. The van der Waals surface area contributed by atoms with Gasteiger partial charge in [0.2, 0.25) is 0 Å². The predicted molar refractivity (Wildman–Crippen MR) is 71.1 cm³/mol. The number of nitrogens with zero attached hydrogens (tertiary/aromatic N) is 3. The maximum Gasteiger partial charge on any atom is 0.142 e. The van der Waals surface area contributed by atoms with Crippen molar-refractivity contribution in [3.05, 3.63) is 24.3 Å². The van der Waals surface area contributed by atoms with Gasteiger partial charge in [0.15, 0.2) is 0 Å². The fraction of sp³-hybridized carbons (Fsp3) is 0.714. The molecule has 3 rings (SSSR count). The highest BCUT2D eigenvalue weighted by molar-refractivity contribution is 5.01. The molecule has 1 spiro atoms. The SMILES string of the molecule is CC1CNC2(CCCC2)CN1Cc1ncccn1. The first-order valence-electron chi connectivity index (χ1n) is 7.02. The van der Waals surface area contributed by atoms with Gasteiger partial charge in [0.05, 0.1) is 6.54 Å². The molecule has 2 aliphatic rings. The highest BCUT2D eigenvalue weighted by atomic mass is 15.3. The van der Waals surface area contributed by atoms with Crippen LogP contribution in [0, 0.1) is 0 Å². The third-order valence-corrected chi connectivity index (χ3v) is 4.43. The number of nitrogens with one attached hydrogen (secondary N) is 1. The molecule has 1 unspecified atom stereocenters. The van der Waals surface area contributed by atoms with Crippen molar-refractivity contribution in [1.29, 1.82) is 0 Å². The molecule has 1 atom stereocenters. The van der Waals surface area contributed by atoms with Gasteiger partial charge in [-0.1, -0.05) is 12.8 Å². The standard InChI is InChI=1S/C14H22N4/c1-12-9-17-14(5-2-3-6-14)11-18(12)10-13-15-7-4-8-16-13/h4,7-8,12,17H,2-3,5-6,9-11H2,1H3. The van der Waals surface area contributed by atoms with Crippen molar-refractivity contribution in [2.75, 3.05) is 13.1 Å². The molecule has 0 aromatic carbocycles. The van der Waals surface area contributed by atoms with E-state index in [-0.39, 0.29) is 0 Å². The fourth-order valence-electron chi connectivity index (χ4n) is 3.29. The monoisotopic (exact) mass is 246 g/mol. The van der Waals surface area contributed by atoms with Gasteiger partial charge in [0.1, 0.15) is 5.82 Å². The van der Waals surface area contributed by atoms with E-state index in [9.17, 15) is 0 Å². The quantitative estimate of drug-likeness (QED) is 0.860. The average molecular weight is 246 g/mol. The second-order valence-corrected chi connectivity index (χ2v) is 5.79. The van der Waals surface area contributed by atoms with Gasteiger partial charge < -0.3 is 5.32 Å². The Bertz CT molecular complexity index is 386. The lowest BCUT2D eigenvalue weighted by Gasteiger charge is -2.45. The van der Waals surface area contributed by atoms with Crippen LogP contribution in [0.5, 0.6) is 0 Å². The summed E-state index contributed by atoms with van der Waals surface area (Å²) in [5.74, 6) is 0.944. The van der Waals surface area contributed by atoms with E-state index in [0.29, 0.717) is 11.6 Å². The molecule has 4 heteroatoms. The molecule has 18 heavy (non-hydrogen) atoms. The Labute approximate surface area is 109 Å². The second-order valence-electron chi connectivity index (χ2n) is 5.79. The molecule has 0 radical (unpaired) electrons. The van der Waals surface area contributed by atoms with E-state index in [1.807, 2.05) is 18.5 Å². The third-order valence-electron chi connectivity index (χ3n) is 4.43. The van der Waals surface area contributed by atoms with Crippen molar-refractivity contribution in [3.8, 4) is 0 Å². The summed E-state index contributed by atoms with van der Waals surface area (Å²) >= 11 is 0. The van der Waals surface area contributed by atoms with Gasteiger partial charge in [-0.05, 0) is 25.8 Å². The van der Waals surface area contributed by atoms with E-state index < -0.39 is 0 Å². The molecule has 1 saturated heterocycles. The van der Waals surface area contributed by atoms with Gasteiger partial charge in [-0.3, -0.25) is 4.90 Å². The molecule has 1 aliphatic carbocycles. The van der Waals surface area contributed by atoms with E-state index in [4.69, 9.17) is 0 Å². The predicted octanol–water partition coefficient (Wildman–Crippen LogP) is 1.58. The Kier molecular flexibility index (Phi) is 3.31. The highest BCUT2D eigenvalue weighted by Crippen LogP contribution is 2.33. The Balaban J connectivity index is 1.70. The summed E-state index contributed by atoms with van der Waals surface area (Å²) in [7, 11) is 0. The van der Waals surface area contributed by atoms with Crippen LogP contribution in [-0.4, -0.2) is 39.5 Å². The first-order valence-corrected chi connectivity index (χ1v) is 7.02. The minimum absolute atomic E-state index is 0.376. The smallest absolute Gasteiger partial charge is 0.142 e. The van der Waals surface area contributed by atoms with Crippen LogP contribution in [0.2, 0.25) is 0 Å². The Hall–Kier alpha value is -1.00. The van der Waals surface area contributed by atoms with Gasteiger partial charge in [0, 0.05) is 37.1 Å². The zero-order valence-corrected chi connectivity index (χ0v) is 11.1. The average Bonchev–Trinajstić information content (AvgIpc) is 2.84. The first-order chi connectivity index (χ1) is 8.77. The Morgan fingerprint density at radius 3 is 2.78 bits per heavy atom. The van der Waals surface area contributed by atoms with Crippen LogP contribution >= 0.6 is 0 Å². The molecule has 2 heterocycles. The van der Waals surface area contributed by atoms with E-state index in [2.05, 4.69) is 27.1 Å². The lowest BCUT2D eigenvalue weighted by molar-refractivity contribution is 0.0803. The summed E-state index contributed by atoms with van der Waals surface area (Å²) in [6, 6.07) is 2.45. The van der Waals surface area contributed by atoms with Crippen molar-refractivity contribution < 1.29 is 0 Å². The van der Waals surface area contributed by atoms with Crippen LogP contribution in [0.1, 0.15) is 38.4 Å². The number of piperazine rings is 1. The van der Waals surface area contributed by atoms with Crippen molar-refractivity contribution in [1.82, 2.24) is 20.2 Å². The van der Waals surface area contributed by atoms with Gasteiger partial charge in [0.25, 0.3) is 0 Å². The van der Waals surface area contributed by atoms with Gasteiger partial charge in [-0.25, -0.2) is 9.97 Å². The van der Waals surface area contributed by atoms with E-state index in [1.165, 1.54) is 25.7 Å². The molecule has 98 valence electrons. The molecular formula is C14H22N4. The number of hydrogen-bond acceptors (Lipinski definition) is 4. The Morgan fingerprint density at radius 2 is 2.06 bits per heavy atom. The van der Waals surface area contributed by atoms with Crippen LogP contribution in [0.3, 0.4) is 0 Å². The fourth-order valence-corrected chi connectivity index (χ4v) is 3.29. The minimum Gasteiger partial charge on any atom is -0.308 e. The van der Waals surface area contributed by atoms with Gasteiger partial charge in [-0.15, -0.1) is 0 Å². The third kappa shape index (κ3) is 2.40. The highest BCUT2D eigenvalue weighted by Gasteiger charge is 2.39. The maximum atomic E-state index is 4.35. The van der Waals surface area contributed by atoms with Crippen LogP contribution < -0.4 is 5.32 Å². The lowest BCUT2D eigenvalue weighted by atomic mass is 9.92. The molecule has 2 fully saturated rings. The van der Waals surface area contributed by atoms with E-state index >= 15 is 0 Å². The largest absolute Gasteiger partial charge is 0.308 e. The van der Waals surface area contributed by atoms with Crippen molar-refractivity contribution in [2.24, 2.45) is 0 Å². The topological polar surface area (TPSA) is 41.0 Å². The van der Waals surface area contributed by atoms with Crippen LogP contribution in [0.25, 0.3) is 0 Å². The molecule has 0 amide bonds. The van der Waals surface area contributed by atoms with Crippen LogP contribution in [0.15, 0.2) is 18.5 Å². The number of aromatic nitrogens is 2. The molecule has 1 saturated carbocycles. The zero-order chi connectivity index (χ0) is 12.4. The van der Waals surface area contributed by atoms with Crippen molar-refractivity contribution >= 4 is 0 Å². The summed E-state index contributed by atoms with van der Waals surface area (Å²) < 4.78 is 0. The summed E-state index contributed by atoms with van der Waals surface area (Å²) in [5, 5.41) is 3.78. The summed E-state index contributed by atoms with van der Waals surface area (Å²) in [6.45, 7) is 5.41. The molecule has 0 bridgehead atoms. The molecule has 1 N–H and O–H groups in total. The van der Waals surface area contributed by atoms with Gasteiger partial charge in [-0.2, -0.15) is 0 Å². The molecule has 1 aliphatic heterocycles. The number of hydrogen-bond donors (Lipinski definition) is 1. The summed E-state index contributed by atoms with van der Waals surface area (Å²) in [4.78, 5) is 11.2. The lowest BCUT2D eigenvalue weighted by Crippen LogP contribution is -2.62. The van der Waals surface area contributed by atoms with Crippen LogP contribution in [-0.2, 0) is 6.54 Å². The molecule has 4 nitrogen and oxygen atoms in total. The first kappa shape index (κ1) is 12.1. The number of rotatable bonds is 2. The van der Waals surface area contributed by atoms with E-state index in [1.54, 1.807) is 0 Å². The summed E-state index contributed by atoms with van der Waals surface area (Å²) in [6.07, 6.45) is 9.06. The molecule has 1 aromatic rings.